The number of hydrogen-bond donors (Lipinski definition) is 0. The molecule has 0 saturated carbocycles. The molecule has 1 amide bonds. The van der Waals surface area contributed by atoms with Gasteiger partial charge in [0, 0.05) is 52.0 Å². The molecule has 1 unspecified atom stereocenters. The Labute approximate surface area is 239 Å². The Morgan fingerprint density at radius 3 is 2.30 bits per heavy atom. The number of nitrogens with zero attached hydrogens (tertiary/aromatic N) is 4. The smallest absolute Gasteiger partial charge is 0.248 e. The van der Waals surface area contributed by atoms with E-state index in [0.29, 0.717) is 29.5 Å². The Hall–Kier alpha value is -2.66. The largest absolute Gasteiger partial charge is 0.497 e. The molecule has 0 radical (unpaired) electrons. The topological polar surface area (TPSA) is 82.6 Å². The SMILES string of the molecule is COc1cc(C)c(S(=O)(=O)N(C)CCOCC(=O)N(C)Cc2ccc(N3CCC(N4CCCC4)C3)cc2)c(C)c1. The lowest BCUT2D eigenvalue weighted by Crippen LogP contribution is -2.35. The van der Waals surface area contributed by atoms with Gasteiger partial charge in [-0.3, -0.25) is 9.69 Å². The summed E-state index contributed by atoms with van der Waals surface area (Å²) in [5.41, 5.74) is 3.55. The summed E-state index contributed by atoms with van der Waals surface area (Å²) in [6.07, 6.45) is 3.87. The summed E-state index contributed by atoms with van der Waals surface area (Å²) in [7, 11) is 1.13. The zero-order valence-electron chi connectivity index (χ0n) is 24.6. The molecule has 2 heterocycles. The second kappa shape index (κ2) is 13.3. The van der Waals surface area contributed by atoms with Gasteiger partial charge in [0.1, 0.15) is 12.4 Å². The molecule has 0 aliphatic carbocycles. The number of likely N-dealkylation sites (N-methyl/N-ethyl adjacent to an activating group) is 2. The van der Waals surface area contributed by atoms with Crippen LogP contribution in [0, 0.1) is 13.8 Å². The number of amides is 1. The van der Waals surface area contributed by atoms with E-state index in [0.717, 1.165) is 18.7 Å². The van der Waals surface area contributed by atoms with Crippen molar-refractivity contribution in [3.05, 3.63) is 53.1 Å². The number of likely N-dealkylation sites (tertiary alicyclic amines) is 1. The van der Waals surface area contributed by atoms with Crippen molar-refractivity contribution in [2.45, 2.75) is 50.6 Å². The fourth-order valence-corrected chi connectivity index (χ4v) is 7.29. The number of carbonyl (C=O) groups is 1. The number of methoxy groups -OCH3 is 1. The summed E-state index contributed by atoms with van der Waals surface area (Å²) in [6, 6.07) is 12.6. The molecule has 2 aliphatic rings. The molecule has 2 aliphatic heterocycles. The summed E-state index contributed by atoms with van der Waals surface area (Å²) in [4.78, 5) is 19.7. The summed E-state index contributed by atoms with van der Waals surface area (Å²) in [6.45, 7) is 8.81. The molecule has 10 heteroatoms. The monoisotopic (exact) mass is 572 g/mol. The quantitative estimate of drug-likeness (QED) is 0.361. The highest BCUT2D eigenvalue weighted by atomic mass is 32.2. The maximum atomic E-state index is 13.1. The molecule has 0 N–H and O–H groups in total. The van der Waals surface area contributed by atoms with E-state index in [1.54, 1.807) is 45.0 Å². The molecule has 2 aromatic rings. The standard InChI is InChI=1S/C30H44N4O5S/c1-23-18-28(38-5)19-24(2)30(23)40(36,37)32(4)16-17-39-22-29(35)31(3)20-25-8-10-26(11-9-25)34-15-12-27(21-34)33-13-6-7-14-33/h8-11,18-19,27H,6-7,12-17,20-22H2,1-5H3. The van der Waals surface area contributed by atoms with E-state index in [1.807, 2.05) is 0 Å². The average Bonchev–Trinajstić information content (AvgIpc) is 3.63. The van der Waals surface area contributed by atoms with Crippen LogP contribution < -0.4 is 9.64 Å². The Balaban J connectivity index is 1.20. The highest BCUT2D eigenvalue weighted by Gasteiger charge is 2.29. The molecule has 2 fully saturated rings. The van der Waals surface area contributed by atoms with Gasteiger partial charge in [0.05, 0.1) is 18.6 Å². The number of hydrogen-bond acceptors (Lipinski definition) is 7. The lowest BCUT2D eigenvalue weighted by Gasteiger charge is -2.24. The molecule has 9 nitrogen and oxygen atoms in total. The van der Waals surface area contributed by atoms with Gasteiger partial charge >= 0.3 is 0 Å². The van der Waals surface area contributed by atoms with E-state index >= 15 is 0 Å². The van der Waals surface area contributed by atoms with Gasteiger partial charge in [0.2, 0.25) is 15.9 Å². The first-order valence-electron chi connectivity index (χ1n) is 14.1. The van der Waals surface area contributed by atoms with Crippen LogP contribution in [0.2, 0.25) is 0 Å². The van der Waals surface area contributed by atoms with Crippen LogP contribution in [0.15, 0.2) is 41.3 Å². The van der Waals surface area contributed by atoms with Gasteiger partial charge in [-0.05, 0) is 87.2 Å². The van der Waals surface area contributed by atoms with Crippen LogP contribution in [0.25, 0.3) is 0 Å². The summed E-state index contributed by atoms with van der Waals surface area (Å²) in [5, 5.41) is 0. The Morgan fingerprint density at radius 1 is 1.02 bits per heavy atom. The third-order valence-electron chi connectivity index (χ3n) is 8.08. The number of benzene rings is 2. The van der Waals surface area contributed by atoms with Crippen molar-refractivity contribution in [1.82, 2.24) is 14.1 Å². The van der Waals surface area contributed by atoms with Gasteiger partial charge in [-0.25, -0.2) is 8.42 Å². The van der Waals surface area contributed by atoms with Crippen LogP contribution in [0.4, 0.5) is 5.69 Å². The molecule has 2 saturated heterocycles. The van der Waals surface area contributed by atoms with Crippen molar-refractivity contribution in [2.75, 3.05) is 72.0 Å². The number of sulfonamides is 1. The fraction of sp³-hybridized carbons (Fsp3) is 0.567. The molecule has 220 valence electrons. The van der Waals surface area contributed by atoms with Crippen molar-refractivity contribution in [3.63, 3.8) is 0 Å². The zero-order chi connectivity index (χ0) is 28.9. The fourth-order valence-electron chi connectivity index (χ4n) is 5.73. The van der Waals surface area contributed by atoms with Gasteiger partial charge in [-0.2, -0.15) is 4.31 Å². The highest BCUT2D eigenvalue weighted by molar-refractivity contribution is 7.89. The molecular formula is C30H44N4O5S. The van der Waals surface area contributed by atoms with Crippen molar-refractivity contribution >= 4 is 21.6 Å². The minimum Gasteiger partial charge on any atom is -0.497 e. The third-order valence-corrected chi connectivity index (χ3v) is 10.2. The average molecular weight is 573 g/mol. The predicted octanol–water partition coefficient (Wildman–Crippen LogP) is 3.28. The van der Waals surface area contributed by atoms with Crippen LogP contribution in [-0.2, 0) is 26.1 Å². The molecule has 2 aromatic carbocycles. The van der Waals surface area contributed by atoms with E-state index in [4.69, 9.17) is 9.47 Å². The number of carbonyl (C=O) groups excluding carboxylic acids is 1. The van der Waals surface area contributed by atoms with Crippen LogP contribution >= 0.6 is 0 Å². The third kappa shape index (κ3) is 7.15. The summed E-state index contributed by atoms with van der Waals surface area (Å²) >= 11 is 0. The number of rotatable bonds is 12. The maximum Gasteiger partial charge on any atom is 0.248 e. The molecule has 0 spiro atoms. The molecule has 0 bridgehead atoms. The molecular weight excluding hydrogens is 528 g/mol. The first-order chi connectivity index (χ1) is 19.1. The van der Waals surface area contributed by atoms with Gasteiger partial charge in [-0.15, -0.1) is 0 Å². The van der Waals surface area contributed by atoms with E-state index in [1.165, 1.54) is 49.4 Å². The lowest BCUT2D eigenvalue weighted by atomic mass is 10.1. The molecule has 0 aromatic heterocycles. The minimum absolute atomic E-state index is 0.102. The van der Waals surface area contributed by atoms with Gasteiger partial charge < -0.3 is 19.3 Å². The highest BCUT2D eigenvalue weighted by Crippen LogP contribution is 2.28. The van der Waals surface area contributed by atoms with E-state index in [9.17, 15) is 13.2 Å². The van der Waals surface area contributed by atoms with Crippen molar-refractivity contribution < 1.29 is 22.7 Å². The Kier molecular flexibility index (Phi) is 10.1. The first kappa shape index (κ1) is 30.3. The molecule has 1 atom stereocenters. The second-order valence-corrected chi connectivity index (χ2v) is 13.0. The van der Waals surface area contributed by atoms with E-state index < -0.39 is 10.0 Å². The summed E-state index contributed by atoms with van der Waals surface area (Å²) < 4.78 is 38.4. The van der Waals surface area contributed by atoms with Crippen molar-refractivity contribution in [2.24, 2.45) is 0 Å². The van der Waals surface area contributed by atoms with Gasteiger partial charge in [-0.1, -0.05) is 12.1 Å². The van der Waals surface area contributed by atoms with Gasteiger partial charge in [0.25, 0.3) is 0 Å². The molecule has 40 heavy (non-hydrogen) atoms. The normalized spacial score (nSPS) is 18.1. The van der Waals surface area contributed by atoms with E-state index in [2.05, 4.69) is 34.1 Å². The minimum atomic E-state index is -3.70. The molecule has 4 rings (SSSR count). The maximum absolute atomic E-state index is 13.1. The first-order valence-corrected chi connectivity index (χ1v) is 15.6. The lowest BCUT2D eigenvalue weighted by molar-refractivity contribution is -0.135. The van der Waals surface area contributed by atoms with Crippen molar-refractivity contribution in [1.29, 1.82) is 0 Å². The van der Waals surface area contributed by atoms with Gasteiger partial charge in [0.15, 0.2) is 0 Å². The van der Waals surface area contributed by atoms with Crippen LogP contribution in [-0.4, -0.2) is 102 Å². The number of aryl methyl sites for hydroxylation is 2. The Morgan fingerprint density at radius 2 is 1.68 bits per heavy atom. The second-order valence-electron chi connectivity index (χ2n) is 11.0. The van der Waals surface area contributed by atoms with E-state index in [-0.39, 0.29) is 30.6 Å². The van der Waals surface area contributed by atoms with Crippen LogP contribution in [0.1, 0.15) is 36.0 Å². The van der Waals surface area contributed by atoms with Crippen molar-refractivity contribution in [3.8, 4) is 5.75 Å². The predicted molar refractivity (Wildman–Crippen MR) is 157 cm³/mol. The number of anilines is 1. The Bertz CT molecular complexity index is 1240. The summed E-state index contributed by atoms with van der Waals surface area (Å²) in [5.74, 6) is 0.473. The zero-order valence-corrected chi connectivity index (χ0v) is 25.4. The van der Waals surface area contributed by atoms with Crippen LogP contribution in [0.5, 0.6) is 5.75 Å². The number of ether oxygens (including phenoxy) is 2. The van der Waals surface area contributed by atoms with Crippen LogP contribution in [0.3, 0.4) is 0 Å².